The summed E-state index contributed by atoms with van der Waals surface area (Å²) in [5, 5.41) is 3.96. The smallest absolute Gasteiger partial charge is 0.307 e. The van der Waals surface area contributed by atoms with Crippen LogP contribution in [0.3, 0.4) is 0 Å². The van der Waals surface area contributed by atoms with Gasteiger partial charge in [0, 0.05) is 23.0 Å². The molecule has 0 saturated carbocycles. The average Bonchev–Trinajstić information content (AvgIpc) is 2.92. The molecule has 0 radical (unpaired) electrons. The molecule has 0 spiro atoms. The molecule has 1 heterocycles. The van der Waals surface area contributed by atoms with Crippen LogP contribution >= 0.6 is 23.2 Å². The highest BCUT2D eigenvalue weighted by Gasteiger charge is 2.23. The minimum atomic E-state index is -0.506. The first-order valence-electron chi connectivity index (χ1n) is 8.37. The van der Waals surface area contributed by atoms with Crippen LogP contribution in [0.1, 0.15) is 39.2 Å². The number of nitrogens with one attached hydrogen (secondary N) is 1. The summed E-state index contributed by atoms with van der Waals surface area (Å²) in [6, 6.07) is 3.52. The molecule has 1 N–H and O–H groups in total. The minimum Gasteiger partial charge on any atom is -0.460 e. The fourth-order valence-corrected chi connectivity index (χ4v) is 2.92. The summed E-state index contributed by atoms with van der Waals surface area (Å²) in [4.78, 5) is 12.2. The Morgan fingerprint density at radius 3 is 2.64 bits per heavy atom. The monoisotopic (exact) mass is 389 g/mol. The van der Waals surface area contributed by atoms with Gasteiger partial charge in [0.15, 0.2) is 11.5 Å². The third kappa shape index (κ3) is 6.57. The van der Waals surface area contributed by atoms with Crippen LogP contribution in [0.5, 0.6) is 11.5 Å². The predicted molar refractivity (Wildman–Crippen MR) is 98.9 cm³/mol. The number of ether oxygens (including phenoxy) is 3. The van der Waals surface area contributed by atoms with E-state index in [-0.39, 0.29) is 25.2 Å². The third-order valence-electron chi connectivity index (χ3n) is 3.58. The van der Waals surface area contributed by atoms with Crippen LogP contribution < -0.4 is 14.8 Å². The first-order chi connectivity index (χ1) is 11.8. The van der Waals surface area contributed by atoms with Gasteiger partial charge in [-0.3, -0.25) is 4.79 Å². The molecule has 0 bridgehead atoms. The van der Waals surface area contributed by atoms with Gasteiger partial charge in [0.2, 0.25) is 6.79 Å². The Kier molecular flexibility index (Phi) is 7.23. The number of carbonyl (C=O) groups is 1. The molecule has 0 unspecified atom stereocenters. The van der Waals surface area contributed by atoms with Crippen molar-refractivity contribution in [3.8, 4) is 11.5 Å². The zero-order valence-electron chi connectivity index (χ0n) is 14.9. The largest absolute Gasteiger partial charge is 0.460 e. The van der Waals surface area contributed by atoms with Gasteiger partial charge in [-0.1, -0.05) is 11.6 Å². The SMILES string of the molecule is CC(C)(C)OC(=O)C[C@@H](Cc1cc2c(cc1Cl)OCO2)NCCCCl. The highest BCUT2D eigenvalue weighted by atomic mass is 35.5. The summed E-state index contributed by atoms with van der Waals surface area (Å²) < 4.78 is 16.2. The Bertz CT molecular complexity index is 601. The maximum absolute atomic E-state index is 12.2. The van der Waals surface area contributed by atoms with Crippen LogP contribution in [0.25, 0.3) is 0 Å². The third-order valence-corrected chi connectivity index (χ3v) is 4.20. The number of hydrogen-bond acceptors (Lipinski definition) is 5. The van der Waals surface area contributed by atoms with E-state index in [4.69, 9.17) is 37.4 Å². The van der Waals surface area contributed by atoms with Crippen LogP contribution in [0.4, 0.5) is 0 Å². The van der Waals surface area contributed by atoms with Crippen LogP contribution in [0.15, 0.2) is 12.1 Å². The molecule has 25 heavy (non-hydrogen) atoms. The van der Waals surface area contributed by atoms with Crippen LogP contribution in [-0.4, -0.2) is 36.8 Å². The summed E-state index contributed by atoms with van der Waals surface area (Å²) in [6.45, 7) is 6.49. The zero-order valence-corrected chi connectivity index (χ0v) is 16.4. The number of benzene rings is 1. The van der Waals surface area contributed by atoms with Gasteiger partial charge in [-0.05, 0) is 51.8 Å². The Labute approximate surface area is 158 Å². The van der Waals surface area contributed by atoms with E-state index in [1.165, 1.54) is 0 Å². The predicted octanol–water partition coefficient (Wildman–Crippen LogP) is 3.93. The molecule has 0 saturated heterocycles. The van der Waals surface area contributed by atoms with Crippen molar-refractivity contribution in [2.75, 3.05) is 19.2 Å². The molecule has 5 nitrogen and oxygen atoms in total. The van der Waals surface area contributed by atoms with E-state index >= 15 is 0 Å². The topological polar surface area (TPSA) is 56.8 Å². The number of hydrogen-bond donors (Lipinski definition) is 1. The molecule has 1 aliphatic heterocycles. The lowest BCUT2D eigenvalue weighted by molar-refractivity contribution is -0.155. The molecular weight excluding hydrogens is 365 g/mol. The first kappa shape index (κ1) is 20.1. The number of halogens is 2. The van der Waals surface area contributed by atoms with E-state index in [2.05, 4.69) is 5.32 Å². The maximum Gasteiger partial charge on any atom is 0.307 e. The molecule has 0 fully saturated rings. The number of alkyl halides is 1. The van der Waals surface area contributed by atoms with Crippen LogP contribution in [0, 0.1) is 0 Å². The molecule has 2 rings (SSSR count). The summed E-state index contributed by atoms with van der Waals surface area (Å²) in [7, 11) is 0. The summed E-state index contributed by atoms with van der Waals surface area (Å²) >= 11 is 12.1. The van der Waals surface area contributed by atoms with Gasteiger partial charge in [0.25, 0.3) is 0 Å². The maximum atomic E-state index is 12.2. The lowest BCUT2D eigenvalue weighted by Gasteiger charge is -2.23. The molecule has 1 aromatic rings. The van der Waals surface area contributed by atoms with E-state index < -0.39 is 5.60 Å². The Balaban J connectivity index is 2.06. The standard InChI is InChI=1S/C18H25Cl2NO4/c1-18(2,3)25-17(22)9-13(21-6-4-5-19)7-12-8-15-16(10-14(12)20)24-11-23-15/h8,10,13,21H,4-7,9,11H2,1-3H3/t13-/m1/s1. The van der Waals surface area contributed by atoms with Gasteiger partial charge in [0.05, 0.1) is 6.42 Å². The molecule has 1 atom stereocenters. The van der Waals surface area contributed by atoms with Gasteiger partial charge in [0.1, 0.15) is 5.60 Å². The minimum absolute atomic E-state index is 0.101. The summed E-state index contributed by atoms with van der Waals surface area (Å²) in [5.74, 6) is 1.65. The second-order valence-electron chi connectivity index (χ2n) is 6.99. The Morgan fingerprint density at radius 1 is 1.32 bits per heavy atom. The number of rotatable bonds is 8. The van der Waals surface area contributed by atoms with E-state index in [0.29, 0.717) is 28.8 Å². The van der Waals surface area contributed by atoms with Gasteiger partial charge < -0.3 is 19.5 Å². The van der Waals surface area contributed by atoms with Gasteiger partial charge in [-0.2, -0.15) is 0 Å². The first-order valence-corrected chi connectivity index (χ1v) is 9.29. The number of esters is 1. The van der Waals surface area contributed by atoms with E-state index in [1.807, 2.05) is 26.8 Å². The molecule has 0 aliphatic carbocycles. The second kappa shape index (κ2) is 8.97. The molecule has 140 valence electrons. The number of fused-ring (bicyclic) bond motifs is 1. The normalized spacial score (nSPS) is 14.4. The van der Waals surface area contributed by atoms with Crippen molar-refractivity contribution in [1.29, 1.82) is 0 Å². The molecule has 1 aromatic carbocycles. The molecule has 0 amide bonds. The van der Waals surface area contributed by atoms with E-state index in [1.54, 1.807) is 6.07 Å². The lowest BCUT2D eigenvalue weighted by Crippen LogP contribution is -2.36. The molecular formula is C18H25Cl2NO4. The van der Waals surface area contributed by atoms with Crippen molar-refractivity contribution >= 4 is 29.2 Å². The Morgan fingerprint density at radius 2 is 2.00 bits per heavy atom. The van der Waals surface area contributed by atoms with E-state index in [0.717, 1.165) is 18.5 Å². The quantitative estimate of drug-likeness (QED) is 0.414. The van der Waals surface area contributed by atoms with Crippen LogP contribution in [0.2, 0.25) is 5.02 Å². The second-order valence-corrected chi connectivity index (χ2v) is 7.77. The Hall–Kier alpha value is -1.17. The van der Waals surface area contributed by atoms with Crippen molar-refractivity contribution in [3.63, 3.8) is 0 Å². The highest BCUT2D eigenvalue weighted by molar-refractivity contribution is 6.31. The van der Waals surface area contributed by atoms with Crippen molar-refractivity contribution in [2.45, 2.75) is 51.7 Å². The number of carbonyl (C=O) groups excluding carboxylic acids is 1. The van der Waals surface area contributed by atoms with Crippen molar-refractivity contribution in [3.05, 3.63) is 22.7 Å². The van der Waals surface area contributed by atoms with Crippen molar-refractivity contribution < 1.29 is 19.0 Å². The molecule has 1 aliphatic rings. The molecule has 0 aromatic heterocycles. The summed E-state index contributed by atoms with van der Waals surface area (Å²) in [6.07, 6.45) is 1.66. The average molecular weight is 390 g/mol. The lowest BCUT2D eigenvalue weighted by atomic mass is 10.0. The van der Waals surface area contributed by atoms with Crippen molar-refractivity contribution in [2.24, 2.45) is 0 Å². The zero-order chi connectivity index (χ0) is 18.4. The fraction of sp³-hybridized carbons (Fsp3) is 0.611. The highest BCUT2D eigenvalue weighted by Crippen LogP contribution is 2.37. The van der Waals surface area contributed by atoms with Crippen molar-refractivity contribution in [1.82, 2.24) is 5.32 Å². The summed E-state index contributed by atoms with van der Waals surface area (Å²) in [5.41, 5.74) is 0.395. The van der Waals surface area contributed by atoms with Gasteiger partial charge in [-0.25, -0.2) is 0 Å². The van der Waals surface area contributed by atoms with E-state index in [9.17, 15) is 4.79 Å². The molecule has 7 heteroatoms. The van der Waals surface area contributed by atoms with Crippen LogP contribution in [-0.2, 0) is 16.0 Å². The van der Waals surface area contributed by atoms with Gasteiger partial charge >= 0.3 is 5.97 Å². The van der Waals surface area contributed by atoms with Gasteiger partial charge in [-0.15, -0.1) is 11.6 Å². The fourth-order valence-electron chi connectivity index (χ4n) is 2.56.